The van der Waals surface area contributed by atoms with Crippen LogP contribution in [0.1, 0.15) is 149 Å². The molecule has 0 spiro atoms. The number of amides is 2. The molecule has 2 aliphatic rings. The molecule has 2 saturated carbocycles. The minimum Gasteiger partial charge on any atom is -0.496 e. The fraction of sp³-hybridized carbons (Fsp3) is 0.500. The van der Waals surface area contributed by atoms with Crippen LogP contribution in [0.25, 0.3) is 21.8 Å². The summed E-state index contributed by atoms with van der Waals surface area (Å²) in [6.45, 7) is 7.31. The largest absolute Gasteiger partial charge is 0.496 e. The highest BCUT2D eigenvalue weighted by atomic mass is 35.5. The van der Waals surface area contributed by atoms with Crippen LogP contribution in [-0.2, 0) is 33.5 Å². The molecule has 6 atom stereocenters. The SMILES string of the molecule is COc1cccc2[nH]c(C(=O)C[C@@H](CC(C)C)C(=O)N[C@@H](C[C@@H]3CCCCC3=O)C(=O)CCl)cc12.COc1cccc2[nH]c(C(=O)C[C@@H](CC(C)C)C(=O)N[C@@H](C[C@@H]3CCCCC3=O)C(=O)COC(=O)c3ccccn3)cc12. The third-order valence-corrected chi connectivity index (χ3v) is 14.8. The molecule has 3 aromatic heterocycles. The van der Waals surface area contributed by atoms with E-state index in [1.165, 1.54) is 12.3 Å². The Bertz CT molecular complexity index is 2930. The predicted octanol–water partition coefficient (Wildman–Crippen LogP) is 9.72. The Morgan fingerprint density at radius 2 is 1.12 bits per heavy atom. The molecular formula is C60H74ClN5O12. The molecule has 0 bridgehead atoms. The van der Waals surface area contributed by atoms with Gasteiger partial charge in [0.2, 0.25) is 11.8 Å². The van der Waals surface area contributed by atoms with Gasteiger partial charge in [0.05, 0.1) is 43.6 Å². The van der Waals surface area contributed by atoms with Gasteiger partial charge in [-0.15, -0.1) is 11.6 Å². The van der Waals surface area contributed by atoms with Crippen LogP contribution < -0.4 is 20.1 Å². The molecule has 17 nitrogen and oxygen atoms in total. The molecule has 78 heavy (non-hydrogen) atoms. The van der Waals surface area contributed by atoms with Crippen molar-refractivity contribution in [1.82, 2.24) is 25.6 Å². The van der Waals surface area contributed by atoms with E-state index in [0.717, 1.165) is 53.9 Å². The van der Waals surface area contributed by atoms with Gasteiger partial charge in [-0.2, -0.15) is 0 Å². The zero-order valence-corrected chi connectivity index (χ0v) is 46.3. The number of carbonyl (C=O) groups excluding carboxylic acids is 9. The van der Waals surface area contributed by atoms with Crippen molar-refractivity contribution in [3.63, 3.8) is 0 Å². The van der Waals surface area contributed by atoms with Crippen LogP contribution in [0, 0.1) is 35.5 Å². The summed E-state index contributed by atoms with van der Waals surface area (Å²) in [6, 6.07) is 17.4. The van der Waals surface area contributed by atoms with E-state index in [2.05, 4.69) is 25.6 Å². The number of methoxy groups -OCH3 is 2. The van der Waals surface area contributed by atoms with Crippen molar-refractivity contribution in [3.8, 4) is 11.5 Å². The molecule has 2 amide bonds. The zero-order valence-electron chi connectivity index (χ0n) is 45.6. The van der Waals surface area contributed by atoms with Crippen molar-refractivity contribution in [2.75, 3.05) is 26.7 Å². The normalized spacial score (nSPS) is 17.1. The van der Waals surface area contributed by atoms with Gasteiger partial charge in [0, 0.05) is 77.4 Å². The van der Waals surface area contributed by atoms with Crippen molar-refractivity contribution in [2.45, 2.75) is 130 Å². The Morgan fingerprint density at radius 1 is 0.641 bits per heavy atom. The molecule has 2 fully saturated rings. The molecule has 0 saturated heterocycles. The van der Waals surface area contributed by atoms with Gasteiger partial charge in [-0.1, -0.05) is 58.7 Å². The summed E-state index contributed by atoms with van der Waals surface area (Å²) < 4.78 is 16.0. The first-order valence-corrected chi connectivity index (χ1v) is 27.7. The molecule has 0 radical (unpaired) electrons. The maximum absolute atomic E-state index is 13.7. The second-order valence-electron chi connectivity index (χ2n) is 21.4. The lowest BCUT2D eigenvalue weighted by molar-refractivity contribution is -0.133. The van der Waals surface area contributed by atoms with Crippen LogP contribution in [0.3, 0.4) is 0 Å². The van der Waals surface area contributed by atoms with Crippen molar-refractivity contribution >= 4 is 85.9 Å². The van der Waals surface area contributed by atoms with Gasteiger partial charge in [0.25, 0.3) is 0 Å². The Balaban J connectivity index is 0.000000258. The van der Waals surface area contributed by atoms with Crippen LogP contribution in [0.4, 0.5) is 0 Å². The smallest absolute Gasteiger partial charge is 0.357 e. The van der Waals surface area contributed by atoms with Crippen LogP contribution in [0.5, 0.6) is 11.5 Å². The number of fused-ring (bicyclic) bond motifs is 2. The van der Waals surface area contributed by atoms with Crippen molar-refractivity contribution < 1.29 is 57.4 Å². The summed E-state index contributed by atoms with van der Waals surface area (Å²) in [6.07, 6.45) is 8.44. The summed E-state index contributed by atoms with van der Waals surface area (Å²) in [4.78, 5) is 127. The van der Waals surface area contributed by atoms with Gasteiger partial charge < -0.3 is 34.8 Å². The number of nitrogens with zero attached hydrogens (tertiary/aromatic N) is 1. The van der Waals surface area contributed by atoms with E-state index in [9.17, 15) is 43.2 Å². The number of hydrogen-bond acceptors (Lipinski definition) is 13. The van der Waals surface area contributed by atoms with E-state index < -0.39 is 48.2 Å². The fourth-order valence-corrected chi connectivity index (χ4v) is 10.7. The molecule has 5 aromatic rings. The second kappa shape index (κ2) is 29.1. The number of ketones is 6. The molecule has 2 aromatic carbocycles. The molecule has 418 valence electrons. The second-order valence-corrected chi connectivity index (χ2v) is 21.7. The molecule has 2 aliphatic carbocycles. The standard InChI is InChI=1S/C33H39N3O7.C27H35ClN2O5/c1-20(2)15-22(17-29(38)27-18-23-24(35-27)11-8-13-31(23)42-3)32(40)36-26(16-21-9-4-5-12-28(21)37)30(39)19-43-33(41)25-10-6-7-14-34-25;1-16(2)11-18(13-24(32)22-14-19-20(29-22)8-6-10-26(19)35-3)27(34)30-21(25(33)15-28)12-17-7-4-5-9-23(17)31/h6-8,10-11,13-14,18,20-22,26,35H,4-5,9,12,15-17,19H2,1-3H3,(H,36,40);6,8,10,14,16-18,21,29H,4-5,7,9,11-13,15H2,1-3H3,(H,30,34)/t21-,22+,26-;17-,18+,21-/m00/s1. The van der Waals surface area contributed by atoms with Gasteiger partial charge in [0.15, 0.2) is 29.7 Å². The van der Waals surface area contributed by atoms with Crippen LogP contribution in [0.15, 0.2) is 72.9 Å². The van der Waals surface area contributed by atoms with Crippen molar-refractivity contribution in [3.05, 3.63) is 90.0 Å². The average Bonchev–Trinajstić information content (AvgIpc) is 4.11. The molecule has 4 N–H and O–H groups in total. The van der Waals surface area contributed by atoms with Gasteiger partial charge in [0.1, 0.15) is 28.8 Å². The predicted molar refractivity (Wildman–Crippen MR) is 296 cm³/mol. The van der Waals surface area contributed by atoms with Crippen molar-refractivity contribution in [2.24, 2.45) is 35.5 Å². The number of hydrogen-bond donors (Lipinski definition) is 4. The highest BCUT2D eigenvalue weighted by molar-refractivity contribution is 6.28. The number of alkyl halides is 1. The van der Waals surface area contributed by atoms with E-state index in [-0.39, 0.29) is 95.8 Å². The van der Waals surface area contributed by atoms with Gasteiger partial charge in [-0.25, -0.2) is 9.78 Å². The van der Waals surface area contributed by atoms with Gasteiger partial charge in [-0.3, -0.25) is 38.4 Å². The lowest BCUT2D eigenvalue weighted by atomic mass is 9.82. The third-order valence-electron chi connectivity index (χ3n) is 14.6. The van der Waals surface area contributed by atoms with E-state index >= 15 is 0 Å². The maximum atomic E-state index is 13.7. The number of aromatic nitrogens is 3. The van der Waals surface area contributed by atoms with E-state index in [1.807, 2.05) is 58.0 Å². The number of ether oxygens (including phenoxy) is 3. The minimum atomic E-state index is -1.04. The number of halogens is 1. The van der Waals surface area contributed by atoms with Crippen LogP contribution in [0.2, 0.25) is 0 Å². The zero-order chi connectivity index (χ0) is 56.5. The lowest BCUT2D eigenvalue weighted by Crippen LogP contribution is -2.47. The minimum absolute atomic E-state index is 0.00327. The first-order valence-electron chi connectivity index (χ1n) is 27.1. The Labute approximate surface area is 460 Å². The van der Waals surface area contributed by atoms with Gasteiger partial charge >= 0.3 is 5.97 Å². The number of aromatic amines is 2. The summed E-state index contributed by atoms with van der Waals surface area (Å²) >= 11 is 5.82. The maximum Gasteiger partial charge on any atom is 0.357 e. The summed E-state index contributed by atoms with van der Waals surface area (Å²) in [5.74, 6) is -3.24. The van der Waals surface area contributed by atoms with E-state index in [0.29, 0.717) is 55.0 Å². The molecule has 18 heteroatoms. The van der Waals surface area contributed by atoms with Gasteiger partial charge in [-0.05, 0) is 112 Å². The molecule has 0 aliphatic heterocycles. The number of pyridine rings is 1. The molecular weight excluding hydrogens is 1020 g/mol. The number of rotatable bonds is 26. The Morgan fingerprint density at radius 3 is 1.53 bits per heavy atom. The fourth-order valence-electron chi connectivity index (χ4n) is 10.5. The number of esters is 1. The first kappa shape index (κ1) is 60.2. The lowest BCUT2D eigenvalue weighted by Gasteiger charge is -2.27. The van der Waals surface area contributed by atoms with E-state index in [1.54, 1.807) is 44.6 Å². The Hall–Kier alpha value is -7.01. The number of benzene rings is 2. The number of H-pyrrole nitrogens is 2. The number of carbonyl (C=O) groups is 9. The number of Topliss-reactive ketones (excluding diaryl/α,β-unsaturated/α-hetero) is 6. The highest BCUT2D eigenvalue weighted by Crippen LogP contribution is 2.31. The molecule has 0 unspecified atom stereocenters. The van der Waals surface area contributed by atoms with Crippen LogP contribution >= 0.6 is 11.6 Å². The quantitative estimate of drug-likeness (QED) is 0.0229. The van der Waals surface area contributed by atoms with Crippen LogP contribution in [-0.4, -0.2) is 106 Å². The summed E-state index contributed by atoms with van der Waals surface area (Å²) in [5.41, 5.74) is 2.36. The van der Waals surface area contributed by atoms with E-state index in [4.69, 9.17) is 25.8 Å². The third kappa shape index (κ3) is 16.7. The van der Waals surface area contributed by atoms with Crippen molar-refractivity contribution in [1.29, 1.82) is 0 Å². The highest BCUT2D eigenvalue weighted by Gasteiger charge is 2.35. The first-order chi connectivity index (χ1) is 37.4. The topological polar surface area (TPSA) is 250 Å². The summed E-state index contributed by atoms with van der Waals surface area (Å²) in [7, 11) is 3.14. The average molecular weight is 1090 g/mol. The molecule has 7 rings (SSSR count). The Kier molecular flexibility index (Phi) is 22.5. The summed E-state index contributed by atoms with van der Waals surface area (Å²) in [5, 5.41) is 7.22. The number of nitrogens with one attached hydrogen (secondary N) is 4. The molecule has 3 heterocycles. The monoisotopic (exact) mass is 1090 g/mol.